The first-order valence-electron chi connectivity index (χ1n) is 7.56. The van der Waals surface area contributed by atoms with Gasteiger partial charge in [0, 0.05) is 0 Å². The average Bonchev–Trinajstić information content (AvgIpc) is 2.55. The molecule has 0 heterocycles. The second-order valence-corrected chi connectivity index (χ2v) is 6.24. The van der Waals surface area contributed by atoms with Gasteiger partial charge in [0.1, 0.15) is 22.6 Å². The second kappa shape index (κ2) is 9.49. The molecule has 4 heteroatoms. The number of unbranched alkanes of at least 4 members (excludes halogenated alkanes) is 1. The molecule has 0 atom stereocenters. The van der Waals surface area contributed by atoms with Crippen LogP contribution in [0.25, 0.3) is 0 Å². The molecule has 0 aliphatic rings. The zero-order valence-corrected chi connectivity index (χ0v) is 14.6. The average molecular weight is 351 g/mol. The van der Waals surface area contributed by atoms with Gasteiger partial charge in [-0.3, -0.25) is 0 Å². The molecule has 0 aromatic heterocycles. The molecular formula is C19H20Cl2O2. The normalized spacial score (nSPS) is 10.2. The van der Waals surface area contributed by atoms with Gasteiger partial charge in [0.2, 0.25) is 0 Å². The van der Waals surface area contributed by atoms with E-state index in [0.29, 0.717) is 17.7 Å². The Morgan fingerprint density at radius 3 is 2.13 bits per heavy atom. The van der Waals surface area contributed by atoms with Crippen molar-refractivity contribution in [1.82, 2.24) is 0 Å². The van der Waals surface area contributed by atoms with Gasteiger partial charge in [-0.05, 0) is 49.6 Å². The molecule has 0 spiro atoms. The third-order valence-electron chi connectivity index (χ3n) is 3.27. The summed E-state index contributed by atoms with van der Waals surface area (Å²) in [7, 11) is 0. The summed E-state index contributed by atoms with van der Waals surface area (Å²) in [5.74, 6) is 1.66. The van der Waals surface area contributed by atoms with E-state index in [1.807, 2.05) is 24.3 Å². The Bertz CT molecular complexity index is 615. The molecule has 122 valence electrons. The Balaban J connectivity index is 1.73. The zero-order chi connectivity index (χ0) is 16.5. The van der Waals surface area contributed by atoms with E-state index in [4.69, 9.17) is 32.7 Å². The first-order chi connectivity index (χ1) is 11.1. The number of allylic oxidation sites excluding steroid dienone is 1. The van der Waals surface area contributed by atoms with Gasteiger partial charge < -0.3 is 9.47 Å². The Hall–Kier alpha value is -1.64. The van der Waals surface area contributed by atoms with Gasteiger partial charge in [-0.15, -0.1) is 0 Å². The van der Waals surface area contributed by atoms with Gasteiger partial charge in [0.15, 0.2) is 0 Å². The van der Waals surface area contributed by atoms with Crippen LogP contribution < -0.4 is 9.47 Å². The van der Waals surface area contributed by atoms with Crippen molar-refractivity contribution >= 4 is 23.2 Å². The first kappa shape index (κ1) is 17.7. The van der Waals surface area contributed by atoms with Crippen LogP contribution in [-0.2, 0) is 6.61 Å². The number of benzene rings is 2. The molecule has 0 fully saturated rings. The summed E-state index contributed by atoms with van der Waals surface area (Å²) in [4.78, 5) is 0. The lowest BCUT2D eigenvalue weighted by Gasteiger charge is -2.09. The highest BCUT2D eigenvalue weighted by atomic mass is 35.5. The van der Waals surface area contributed by atoms with E-state index in [1.54, 1.807) is 6.08 Å². The van der Waals surface area contributed by atoms with E-state index >= 15 is 0 Å². The molecule has 23 heavy (non-hydrogen) atoms. The van der Waals surface area contributed by atoms with Crippen LogP contribution in [0.3, 0.4) is 0 Å². The fourth-order valence-electron chi connectivity index (χ4n) is 1.97. The molecule has 2 rings (SSSR count). The fraction of sp³-hybridized carbons (Fsp3) is 0.263. The number of halogens is 2. The zero-order valence-electron chi connectivity index (χ0n) is 13.1. The minimum Gasteiger partial charge on any atom is -0.494 e. The molecule has 2 aromatic rings. The molecule has 0 aliphatic carbocycles. The predicted octanol–water partition coefficient (Wildman–Crippen LogP) is 6.05. The molecular weight excluding hydrogens is 331 g/mol. The summed E-state index contributed by atoms with van der Waals surface area (Å²) >= 11 is 11.1. The van der Waals surface area contributed by atoms with E-state index in [1.165, 1.54) is 5.56 Å². The van der Waals surface area contributed by atoms with Gasteiger partial charge >= 0.3 is 0 Å². The molecule has 0 amide bonds. The number of rotatable bonds is 8. The third-order valence-corrected chi connectivity index (χ3v) is 3.57. The fourth-order valence-corrected chi connectivity index (χ4v) is 2.19. The highest BCUT2D eigenvalue weighted by molar-refractivity contribution is 6.55. The maximum absolute atomic E-state index is 5.76. The first-order valence-corrected chi connectivity index (χ1v) is 8.31. The number of hydrogen-bond donors (Lipinski definition) is 0. The van der Waals surface area contributed by atoms with Crippen LogP contribution in [-0.4, -0.2) is 6.61 Å². The molecule has 0 aliphatic heterocycles. The largest absolute Gasteiger partial charge is 0.494 e. The van der Waals surface area contributed by atoms with Crippen molar-refractivity contribution in [3.63, 3.8) is 0 Å². The molecule has 0 N–H and O–H groups in total. The quantitative estimate of drug-likeness (QED) is 0.539. The number of hydrogen-bond acceptors (Lipinski definition) is 2. The van der Waals surface area contributed by atoms with Crippen LogP contribution >= 0.6 is 23.2 Å². The van der Waals surface area contributed by atoms with Crippen LogP contribution in [0, 0.1) is 6.92 Å². The third kappa shape index (κ3) is 6.98. The Kier molecular flexibility index (Phi) is 7.31. The monoisotopic (exact) mass is 350 g/mol. The van der Waals surface area contributed by atoms with Gasteiger partial charge in [-0.2, -0.15) is 0 Å². The van der Waals surface area contributed by atoms with Gasteiger partial charge in [-0.1, -0.05) is 59.1 Å². The Morgan fingerprint density at radius 1 is 0.913 bits per heavy atom. The molecule has 2 aromatic carbocycles. The highest BCUT2D eigenvalue weighted by Crippen LogP contribution is 2.19. The van der Waals surface area contributed by atoms with Crippen LogP contribution in [0.1, 0.15) is 24.0 Å². The lowest BCUT2D eigenvalue weighted by Crippen LogP contribution is -1.98. The summed E-state index contributed by atoms with van der Waals surface area (Å²) in [6, 6.07) is 16.0. The summed E-state index contributed by atoms with van der Waals surface area (Å²) < 4.78 is 11.7. The molecule has 0 saturated heterocycles. The second-order valence-electron chi connectivity index (χ2n) is 5.23. The number of ether oxygens (including phenoxy) is 2. The van der Waals surface area contributed by atoms with E-state index < -0.39 is 0 Å². The maximum Gasteiger partial charge on any atom is 0.120 e. The van der Waals surface area contributed by atoms with Crippen molar-refractivity contribution in [3.8, 4) is 11.5 Å². The minimum atomic E-state index is 0.306. The van der Waals surface area contributed by atoms with E-state index in [0.717, 1.165) is 29.9 Å². The van der Waals surface area contributed by atoms with Crippen molar-refractivity contribution in [2.75, 3.05) is 6.61 Å². The van der Waals surface area contributed by atoms with Crippen LogP contribution in [0.5, 0.6) is 11.5 Å². The molecule has 0 unspecified atom stereocenters. The topological polar surface area (TPSA) is 18.5 Å². The van der Waals surface area contributed by atoms with E-state index in [9.17, 15) is 0 Å². The molecule has 2 nitrogen and oxygen atoms in total. The predicted molar refractivity (Wildman–Crippen MR) is 96.5 cm³/mol. The summed E-state index contributed by atoms with van der Waals surface area (Å²) in [5, 5.41) is 0. The van der Waals surface area contributed by atoms with Gasteiger partial charge in [0.05, 0.1) is 6.61 Å². The van der Waals surface area contributed by atoms with Crippen LogP contribution in [0.15, 0.2) is 59.1 Å². The SMILES string of the molecule is Cc1ccc(COc2ccc(OCCCC=C(Cl)Cl)cc2)cc1. The van der Waals surface area contributed by atoms with Crippen molar-refractivity contribution in [3.05, 3.63) is 70.2 Å². The smallest absolute Gasteiger partial charge is 0.120 e. The summed E-state index contributed by atoms with van der Waals surface area (Å²) in [6.07, 6.45) is 3.45. The van der Waals surface area contributed by atoms with Gasteiger partial charge in [-0.25, -0.2) is 0 Å². The van der Waals surface area contributed by atoms with E-state index in [2.05, 4.69) is 31.2 Å². The van der Waals surface area contributed by atoms with Crippen LogP contribution in [0.4, 0.5) is 0 Å². The molecule has 0 bridgehead atoms. The standard InChI is InChI=1S/C19H20Cl2O2/c1-15-5-7-16(8-6-15)14-23-18-11-9-17(10-12-18)22-13-3-2-4-19(20)21/h4-12H,2-3,13-14H2,1H3. The van der Waals surface area contributed by atoms with E-state index in [-0.39, 0.29) is 0 Å². The minimum absolute atomic E-state index is 0.306. The maximum atomic E-state index is 5.76. The Labute approximate surface area is 147 Å². The number of aryl methyl sites for hydroxylation is 1. The lowest BCUT2D eigenvalue weighted by atomic mass is 10.2. The lowest BCUT2D eigenvalue weighted by molar-refractivity contribution is 0.300. The molecule has 0 radical (unpaired) electrons. The summed E-state index contributed by atoms with van der Waals surface area (Å²) in [5.41, 5.74) is 2.40. The van der Waals surface area contributed by atoms with Gasteiger partial charge in [0.25, 0.3) is 0 Å². The van der Waals surface area contributed by atoms with Crippen molar-refractivity contribution in [2.45, 2.75) is 26.4 Å². The highest BCUT2D eigenvalue weighted by Gasteiger charge is 1.98. The van der Waals surface area contributed by atoms with Crippen molar-refractivity contribution in [1.29, 1.82) is 0 Å². The van der Waals surface area contributed by atoms with Crippen LogP contribution in [0.2, 0.25) is 0 Å². The van der Waals surface area contributed by atoms with Crippen molar-refractivity contribution < 1.29 is 9.47 Å². The molecule has 0 saturated carbocycles. The Morgan fingerprint density at radius 2 is 1.52 bits per heavy atom. The van der Waals surface area contributed by atoms with Crippen molar-refractivity contribution in [2.24, 2.45) is 0 Å². The summed E-state index contributed by atoms with van der Waals surface area (Å²) in [6.45, 7) is 3.26.